The maximum absolute atomic E-state index is 13.0. The lowest BCUT2D eigenvalue weighted by Gasteiger charge is -2.23. The van der Waals surface area contributed by atoms with E-state index < -0.39 is 41.6 Å². The first-order chi connectivity index (χ1) is 12.0. The minimum Gasteiger partial charge on any atom is -0.502 e. The topological polar surface area (TPSA) is 113 Å². The second kappa shape index (κ2) is 8.95. The molecule has 0 atom stereocenters. The molecule has 0 saturated heterocycles. The predicted octanol–water partition coefficient (Wildman–Crippen LogP) is 1.95. The molecule has 0 fully saturated rings. The summed E-state index contributed by atoms with van der Waals surface area (Å²) in [5, 5.41) is 18.5. The van der Waals surface area contributed by atoms with E-state index in [1.54, 1.807) is 20.8 Å². The van der Waals surface area contributed by atoms with Gasteiger partial charge in [-0.1, -0.05) is 12.1 Å². The number of carboxylic acids is 1. The Hall–Kier alpha value is -2.94. The number of hydroxylamine groups is 2. The van der Waals surface area contributed by atoms with E-state index in [0.717, 1.165) is 12.1 Å². The molecular weight excluding hydrogens is 349 g/mol. The number of esters is 1. The number of ether oxygens (including phenoxy) is 1. The van der Waals surface area contributed by atoms with Crippen LogP contribution in [0.1, 0.15) is 26.3 Å². The molecule has 0 radical (unpaired) electrons. The highest BCUT2D eigenvalue weighted by atomic mass is 19.1. The van der Waals surface area contributed by atoms with Crippen LogP contribution in [0.5, 0.6) is 0 Å². The highest BCUT2D eigenvalue weighted by molar-refractivity contribution is 5.95. The minimum atomic E-state index is -1.70. The number of aliphatic carboxylic acids is 1. The molecule has 1 aromatic rings. The number of aliphatic hydroxyl groups is 1. The van der Waals surface area contributed by atoms with Crippen molar-refractivity contribution < 1.29 is 38.6 Å². The summed E-state index contributed by atoms with van der Waals surface area (Å²) in [6.07, 6.45) is 0.431. The van der Waals surface area contributed by atoms with Crippen LogP contribution in [0.4, 0.5) is 4.39 Å². The Morgan fingerprint density at radius 1 is 1.15 bits per heavy atom. The van der Waals surface area contributed by atoms with E-state index in [4.69, 9.17) is 14.7 Å². The lowest BCUT2D eigenvalue weighted by atomic mass is 10.2. The first-order valence-electron chi connectivity index (χ1n) is 7.52. The van der Waals surface area contributed by atoms with Crippen LogP contribution in [-0.4, -0.2) is 45.3 Å². The quantitative estimate of drug-likeness (QED) is 0.327. The first kappa shape index (κ1) is 21.1. The molecule has 0 saturated carbocycles. The Balaban J connectivity index is 2.88. The molecule has 142 valence electrons. The maximum Gasteiger partial charge on any atom is 0.371 e. The third-order valence-corrected chi connectivity index (χ3v) is 2.72. The Morgan fingerprint density at radius 2 is 1.73 bits per heavy atom. The second-order valence-corrected chi connectivity index (χ2v) is 6.20. The van der Waals surface area contributed by atoms with E-state index in [9.17, 15) is 23.9 Å². The Kier molecular flexibility index (Phi) is 7.27. The molecule has 8 nitrogen and oxygen atoms in total. The van der Waals surface area contributed by atoms with Gasteiger partial charge in [-0.2, -0.15) is 0 Å². The van der Waals surface area contributed by atoms with Crippen LogP contribution in [0, 0.1) is 5.82 Å². The van der Waals surface area contributed by atoms with Crippen LogP contribution in [0.25, 0.3) is 0 Å². The van der Waals surface area contributed by atoms with Crippen LogP contribution in [-0.2, 0) is 30.5 Å². The zero-order chi connectivity index (χ0) is 19.9. The van der Waals surface area contributed by atoms with Crippen molar-refractivity contribution in [3.8, 4) is 0 Å². The Labute approximate surface area is 149 Å². The van der Waals surface area contributed by atoms with Crippen molar-refractivity contribution in [3.63, 3.8) is 0 Å². The average Bonchev–Trinajstić information content (AvgIpc) is 2.51. The molecule has 0 aromatic heterocycles. The van der Waals surface area contributed by atoms with Crippen LogP contribution < -0.4 is 0 Å². The fraction of sp³-hybridized carbons (Fsp3) is 0.353. The molecule has 0 aliphatic rings. The highest BCUT2D eigenvalue weighted by Crippen LogP contribution is 2.11. The van der Waals surface area contributed by atoms with Crippen molar-refractivity contribution in [2.75, 3.05) is 6.61 Å². The van der Waals surface area contributed by atoms with Crippen LogP contribution in [0.15, 0.2) is 36.1 Å². The van der Waals surface area contributed by atoms with Gasteiger partial charge in [0.25, 0.3) is 5.91 Å². The molecule has 0 spiro atoms. The number of aliphatic hydroxyl groups excluding tert-OH is 1. The molecule has 0 unspecified atom stereocenters. The van der Waals surface area contributed by atoms with Gasteiger partial charge in [0, 0.05) is 0 Å². The van der Waals surface area contributed by atoms with E-state index in [0.29, 0.717) is 16.7 Å². The Bertz CT molecular complexity index is 692. The summed E-state index contributed by atoms with van der Waals surface area (Å²) in [6, 6.07) is 5.09. The van der Waals surface area contributed by atoms with Crippen molar-refractivity contribution in [1.82, 2.24) is 5.06 Å². The number of hydrogen-bond acceptors (Lipinski definition) is 6. The molecule has 9 heteroatoms. The lowest BCUT2D eigenvalue weighted by molar-refractivity contribution is -0.198. The summed E-state index contributed by atoms with van der Waals surface area (Å²) < 4.78 is 18.0. The fourth-order valence-electron chi connectivity index (χ4n) is 1.70. The number of hydrogen-bond donors (Lipinski definition) is 2. The summed E-state index contributed by atoms with van der Waals surface area (Å²) in [6.45, 7) is 4.12. The standard InChI is InChI=1S/C17H20FNO7/c1-17(2,3)26-15(22)10-25-19(14(21)8-13(20)16(23)24)9-11-4-6-12(18)7-5-11/h4-8,20H,9-10H2,1-3H3,(H,23,24). The van der Waals surface area contributed by atoms with Gasteiger partial charge in [0.1, 0.15) is 11.4 Å². The summed E-state index contributed by atoms with van der Waals surface area (Å²) in [4.78, 5) is 39.5. The predicted molar refractivity (Wildman–Crippen MR) is 87.1 cm³/mol. The largest absolute Gasteiger partial charge is 0.502 e. The number of carboxylic acid groups (broad SMARTS) is 1. The van der Waals surface area contributed by atoms with E-state index >= 15 is 0 Å². The number of carbonyl (C=O) groups excluding carboxylic acids is 2. The number of carbonyl (C=O) groups is 3. The summed E-state index contributed by atoms with van der Waals surface area (Å²) in [5.74, 6) is -5.14. The minimum absolute atomic E-state index is 0.217. The van der Waals surface area contributed by atoms with Gasteiger partial charge in [-0.25, -0.2) is 19.0 Å². The van der Waals surface area contributed by atoms with Gasteiger partial charge in [-0.3, -0.25) is 9.63 Å². The van der Waals surface area contributed by atoms with Crippen molar-refractivity contribution >= 4 is 17.8 Å². The maximum atomic E-state index is 13.0. The van der Waals surface area contributed by atoms with Crippen LogP contribution >= 0.6 is 0 Å². The van der Waals surface area contributed by atoms with E-state index in [1.807, 2.05) is 0 Å². The molecule has 1 rings (SSSR count). The zero-order valence-electron chi connectivity index (χ0n) is 14.6. The molecule has 0 heterocycles. The molecule has 0 aliphatic heterocycles. The lowest BCUT2D eigenvalue weighted by Crippen LogP contribution is -2.34. The smallest absolute Gasteiger partial charge is 0.371 e. The van der Waals surface area contributed by atoms with Gasteiger partial charge in [0.2, 0.25) is 5.76 Å². The van der Waals surface area contributed by atoms with E-state index in [2.05, 4.69) is 0 Å². The molecule has 0 aliphatic carbocycles. The third-order valence-electron chi connectivity index (χ3n) is 2.72. The van der Waals surface area contributed by atoms with Crippen LogP contribution in [0.3, 0.4) is 0 Å². The number of amides is 1. The van der Waals surface area contributed by atoms with Gasteiger partial charge in [-0.15, -0.1) is 0 Å². The van der Waals surface area contributed by atoms with Gasteiger partial charge >= 0.3 is 11.9 Å². The number of benzene rings is 1. The highest BCUT2D eigenvalue weighted by Gasteiger charge is 2.21. The molecule has 1 amide bonds. The van der Waals surface area contributed by atoms with Gasteiger partial charge < -0.3 is 14.9 Å². The zero-order valence-corrected chi connectivity index (χ0v) is 14.6. The SMILES string of the molecule is CC(C)(C)OC(=O)CON(Cc1ccc(F)cc1)C(=O)C=C(O)C(=O)O. The number of rotatable bonds is 7. The van der Waals surface area contributed by atoms with Gasteiger partial charge in [0.15, 0.2) is 6.61 Å². The summed E-state index contributed by atoms with van der Waals surface area (Å²) in [7, 11) is 0. The van der Waals surface area contributed by atoms with Crippen molar-refractivity contribution in [2.45, 2.75) is 32.9 Å². The number of halogens is 1. The van der Waals surface area contributed by atoms with E-state index in [1.165, 1.54) is 12.1 Å². The summed E-state index contributed by atoms with van der Waals surface area (Å²) >= 11 is 0. The second-order valence-electron chi connectivity index (χ2n) is 6.20. The van der Waals surface area contributed by atoms with Gasteiger partial charge in [-0.05, 0) is 38.5 Å². The molecule has 0 bridgehead atoms. The van der Waals surface area contributed by atoms with Gasteiger partial charge in [0.05, 0.1) is 12.6 Å². The normalized spacial score (nSPS) is 11.8. The van der Waals surface area contributed by atoms with Crippen molar-refractivity contribution in [2.24, 2.45) is 0 Å². The van der Waals surface area contributed by atoms with Crippen LogP contribution in [0.2, 0.25) is 0 Å². The molecule has 1 aromatic carbocycles. The molecule has 2 N–H and O–H groups in total. The molecular formula is C17H20FNO7. The first-order valence-corrected chi connectivity index (χ1v) is 7.52. The van der Waals surface area contributed by atoms with Crippen molar-refractivity contribution in [3.05, 3.63) is 47.5 Å². The third kappa shape index (κ3) is 7.75. The van der Waals surface area contributed by atoms with E-state index in [-0.39, 0.29) is 6.54 Å². The average molecular weight is 369 g/mol. The molecule has 26 heavy (non-hydrogen) atoms. The Morgan fingerprint density at radius 3 is 2.23 bits per heavy atom. The fourth-order valence-corrected chi connectivity index (χ4v) is 1.70. The monoisotopic (exact) mass is 369 g/mol. The summed E-state index contributed by atoms with van der Waals surface area (Å²) in [5.41, 5.74) is -0.305. The van der Waals surface area contributed by atoms with Crippen molar-refractivity contribution in [1.29, 1.82) is 0 Å². The number of nitrogens with zero attached hydrogens (tertiary/aromatic N) is 1.